The second-order valence-corrected chi connectivity index (χ2v) is 5.32. The molecule has 1 aliphatic rings. The van der Waals surface area contributed by atoms with Crippen molar-refractivity contribution in [3.63, 3.8) is 0 Å². The molecule has 0 aliphatic heterocycles. The predicted molar refractivity (Wildman–Crippen MR) is 73.5 cm³/mol. The molecular weight excluding hydrogens is 248 g/mol. The highest BCUT2D eigenvalue weighted by atomic mass is 35.5. The first-order valence-electron chi connectivity index (χ1n) is 6.66. The molecule has 2 atom stereocenters. The van der Waals surface area contributed by atoms with Gasteiger partial charge in [-0.05, 0) is 49.8 Å². The van der Waals surface area contributed by atoms with Gasteiger partial charge in [0, 0.05) is 5.56 Å². The molecule has 0 spiro atoms. The summed E-state index contributed by atoms with van der Waals surface area (Å²) >= 11 is 6.13. The maximum absolute atomic E-state index is 10.7. The smallest absolute Gasteiger partial charge is 0.150 e. The van der Waals surface area contributed by atoms with E-state index >= 15 is 0 Å². The minimum Gasteiger partial charge on any atom is -0.489 e. The van der Waals surface area contributed by atoms with Crippen molar-refractivity contribution in [1.82, 2.24) is 0 Å². The third-order valence-electron chi connectivity index (χ3n) is 3.73. The van der Waals surface area contributed by atoms with E-state index in [0.717, 1.165) is 19.1 Å². The molecule has 2 nitrogen and oxygen atoms in total. The number of hydrogen-bond donors (Lipinski definition) is 0. The molecule has 0 amide bonds. The van der Waals surface area contributed by atoms with Crippen molar-refractivity contribution in [1.29, 1.82) is 0 Å². The van der Waals surface area contributed by atoms with E-state index in [-0.39, 0.29) is 6.10 Å². The number of carbonyl (C=O) groups excluding carboxylic acids is 1. The third-order valence-corrected chi connectivity index (χ3v) is 4.03. The highest BCUT2D eigenvalue weighted by Crippen LogP contribution is 2.33. The average molecular weight is 267 g/mol. The Morgan fingerprint density at radius 1 is 1.39 bits per heavy atom. The Morgan fingerprint density at radius 3 is 2.83 bits per heavy atom. The summed E-state index contributed by atoms with van der Waals surface area (Å²) in [4.78, 5) is 10.7. The number of ether oxygens (including phenoxy) is 1. The second-order valence-electron chi connectivity index (χ2n) is 4.92. The van der Waals surface area contributed by atoms with E-state index in [1.54, 1.807) is 18.2 Å². The maximum Gasteiger partial charge on any atom is 0.150 e. The monoisotopic (exact) mass is 266 g/mol. The van der Waals surface area contributed by atoms with E-state index in [1.807, 2.05) is 0 Å². The molecule has 0 heterocycles. The molecule has 0 saturated heterocycles. The Labute approximate surface area is 113 Å². The molecule has 98 valence electrons. The van der Waals surface area contributed by atoms with E-state index in [9.17, 15) is 4.79 Å². The maximum atomic E-state index is 10.7. The van der Waals surface area contributed by atoms with Crippen LogP contribution < -0.4 is 4.74 Å². The molecule has 0 N–H and O–H groups in total. The van der Waals surface area contributed by atoms with Gasteiger partial charge in [-0.25, -0.2) is 0 Å². The van der Waals surface area contributed by atoms with E-state index in [1.165, 1.54) is 19.3 Å². The summed E-state index contributed by atoms with van der Waals surface area (Å²) in [6.45, 7) is 2.21. The van der Waals surface area contributed by atoms with Crippen LogP contribution in [-0.2, 0) is 0 Å². The second kappa shape index (κ2) is 6.24. The largest absolute Gasteiger partial charge is 0.489 e. The van der Waals surface area contributed by atoms with Gasteiger partial charge in [-0.2, -0.15) is 0 Å². The number of carbonyl (C=O) groups is 1. The van der Waals surface area contributed by atoms with Crippen LogP contribution in [0, 0.1) is 5.92 Å². The van der Waals surface area contributed by atoms with Gasteiger partial charge in [0.25, 0.3) is 0 Å². The number of rotatable bonds is 4. The van der Waals surface area contributed by atoms with Gasteiger partial charge in [0.15, 0.2) is 0 Å². The van der Waals surface area contributed by atoms with Crippen LogP contribution in [0.25, 0.3) is 0 Å². The topological polar surface area (TPSA) is 26.3 Å². The molecule has 0 aromatic heterocycles. The summed E-state index contributed by atoms with van der Waals surface area (Å²) in [5.74, 6) is 1.33. The molecule has 0 radical (unpaired) electrons. The van der Waals surface area contributed by atoms with Crippen LogP contribution in [0.4, 0.5) is 0 Å². The fraction of sp³-hybridized carbons (Fsp3) is 0.533. The highest BCUT2D eigenvalue weighted by molar-refractivity contribution is 6.32. The van der Waals surface area contributed by atoms with Gasteiger partial charge >= 0.3 is 0 Å². The fourth-order valence-electron chi connectivity index (χ4n) is 2.64. The van der Waals surface area contributed by atoms with Crippen LogP contribution in [0.15, 0.2) is 18.2 Å². The molecule has 1 fully saturated rings. The molecule has 1 aromatic carbocycles. The van der Waals surface area contributed by atoms with Crippen LogP contribution in [0.2, 0.25) is 5.02 Å². The van der Waals surface area contributed by atoms with Crippen molar-refractivity contribution in [3.05, 3.63) is 28.8 Å². The summed E-state index contributed by atoms with van der Waals surface area (Å²) in [6, 6.07) is 5.21. The van der Waals surface area contributed by atoms with E-state index < -0.39 is 0 Å². The average Bonchev–Trinajstić information content (AvgIpc) is 2.41. The zero-order valence-corrected chi connectivity index (χ0v) is 11.5. The van der Waals surface area contributed by atoms with Crippen molar-refractivity contribution in [2.24, 2.45) is 5.92 Å². The molecule has 1 aromatic rings. The summed E-state index contributed by atoms with van der Waals surface area (Å²) in [5.41, 5.74) is 0.586. The van der Waals surface area contributed by atoms with Crippen LogP contribution >= 0.6 is 11.6 Å². The minimum absolute atomic E-state index is 0.267. The molecule has 1 saturated carbocycles. The number of aldehydes is 1. The number of hydrogen-bond acceptors (Lipinski definition) is 2. The molecule has 3 heteroatoms. The highest BCUT2D eigenvalue weighted by Gasteiger charge is 2.25. The van der Waals surface area contributed by atoms with E-state index in [0.29, 0.717) is 22.3 Å². The lowest BCUT2D eigenvalue weighted by molar-refractivity contribution is 0.0904. The standard InChI is InChI=1S/C15H19ClO2/c1-2-12-5-3-4-6-14(12)18-15-8-7-11(10-17)9-13(15)16/h7-10,12,14H,2-6H2,1H3. The van der Waals surface area contributed by atoms with Crippen LogP contribution in [0.1, 0.15) is 49.4 Å². The van der Waals surface area contributed by atoms with Crippen LogP contribution in [0.3, 0.4) is 0 Å². The Bertz CT molecular complexity index is 417. The van der Waals surface area contributed by atoms with Gasteiger partial charge in [-0.15, -0.1) is 0 Å². The summed E-state index contributed by atoms with van der Waals surface area (Å²) in [5, 5.41) is 0.528. The van der Waals surface area contributed by atoms with Gasteiger partial charge in [0.2, 0.25) is 0 Å². The first kappa shape index (κ1) is 13.4. The zero-order valence-electron chi connectivity index (χ0n) is 10.7. The fourth-order valence-corrected chi connectivity index (χ4v) is 2.88. The first-order chi connectivity index (χ1) is 8.74. The van der Waals surface area contributed by atoms with E-state index in [4.69, 9.17) is 16.3 Å². The molecule has 18 heavy (non-hydrogen) atoms. The normalized spacial score (nSPS) is 23.7. The SMILES string of the molecule is CCC1CCCCC1Oc1ccc(C=O)cc1Cl. The lowest BCUT2D eigenvalue weighted by Gasteiger charge is -2.31. The van der Waals surface area contributed by atoms with Crippen molar-refractivity contribution in [2.45, 2.75) is 45.1 Å². The van der Waals surface area contributed by atoms with Gasteiger partial charge in [-0.3, -0.25) is 4.79 Å². The zero-order chi connectivity index (χ0) is 13.0. The quantitative estimate of drug-likeness (QED) is 0.750. The Kier molecular flexibility index (Phi) is 4.65. The Hall–Kier alpha value is -1.02. The first-order valence-corrected chi connectivity index (χ1v) is 7.03. The van der Waals surface area contributed by atoms with Crippen LogP contribution in [-0.4, -0.2) is 12.4 Å². The van der Waals surface area contributed by atoms with Gasteiger partial charge in [0.05, 0.1) is 5.02 Å². The van der Waals surface area contributed by atoms with Gasteiger partial charge in [0.1, 0.15) is 18.1 Å². The minimum atomic E-state index is 0.267. The van der Waals surface area contributed by atoms with E-state index in [2.05, 4.69) is 6.92 Å². The van der Waals surface area contributed by atoms with Crippen molar-refractivity contribution in [3.8, 4) is 5.75 Å². The Morgan fingerprint density at radius 2 is 2.17 bits per heavy atom. The summed E-state index contributed by atoms with van der Waals surface area (Å²) in [6.07, 6.45) is 7.08. The molecule has 2 rings (SSSR count). The molecule has 2 unspecified atom stereocenters. The van der Waals surface area contributed by atoms with Crippen molar-refractivity contribution < 1.29 is 9.53 Å². The van der Waals surface area contributed by atoms with Crippen molar-refractivity contribution in [2.75, 3.05) is 0 Å². The summed E-state index contributed by atoms with van der Waals surface area (Å²) in [7, 11) is 0. The van der Waals surface area contributed by atoms with Crippen molar-refractivity contribution >= 4 is 17.9 Å². The summed E-state index contributed by atoms with van der Waals surface area (Å²) < 4.78 is 6.04. The lowest BCUT2D eigenvalue weighted by atomic mass is 9.85. The van der Waals surface area contributed by atoms with Gasteiger partial charge < -0.3 is 4.74 Å². The molecule has 0 bridgehead atoms. The number of halogens is 1. The Balaban J connectivity index is 2.10. The van der Waals surface area contributed by atoms with Crippen LogP contribution in [0.5, 0.6) is 5.75 Å². The number of benzene rings is 1. The molecular formula is C15H19ClO2. The lowest BCUT2D eigenvalue weighted by Crippen LogP contribution is -2.30. The third kappa shape index (κ3) is 3.05. The predicted octanol–water partition coefficient (Wildman–Crippen LogP) is 4.50. The molecule has 1 aliphatic carbocycles. The van der Waals surface area contributed by atoms with Gasteiger partial charge in [-0.1, -0.05) is 24.9 Å².